The first-order valence-corrected chi connectivity index (χ1v) is 11.0. The number of fused-ring (bicyclic) bond motifs is 1. The molecule has 9 heteroatoms. The lowest BCUT2D eigenvalue weighted by Gasteiger charge is -2.19. The zero-order chi connectivity index (χ0) is 24.9. The van der Waals surface area contributed by atoms with Crippen molar-refractivity contribution in [3.63, 3.8) is 0 Å². The summed E-state index contributed by atoms with van der Waals surface area (Å²) in [5, 5.41) is 24.2. The van der Waals surface area contributed by atoms with E-state index in [1.54, 1.807) is 39.0 Å². The second-order valence-electron chi connectivity index (χ2n) is 9.10. The van der Waals surface area contributed by atoms with Crippen molar-refractivity contribution in [2.24, 2.45) is 0 Å². The second-order valence-corrected chi connectivity index (χ2v) is 9.10. The molecule has 1 atom stereocenters. The molecule has 0 spiro atoms. The number of nitro groups is 1. The van der Waals surface area contributed by atoms with E-state index in [9.17, 15) is 24.8 Å². The first-order valence-electron chi connectivity index (χ1n) is 11.0. The van der Waals surface area contributed by atoms with Gasteiger partial charge in [0.25, 0.3) is 0 Å². The second kappa shape index (κ2) is 10.5. The van der Waals surface area contributed by atoms with Gasteiger partial charge in [0.15, 0.2) is 0 Å². The fraction of sp³-hybridized carbons (Fsp3) is 0.360. The van der Waals surface area contributed by atoms with Crippen LogP contribution < -0.4 is 5.32 Å². The van der Waals surface area contributed by atoms with Crippen molar-refractivity contribution in [3.8, 4) is 0 Å². The number of hydrogen-bond acceptors (Lipinski definition) is 6. The molecule has 3 rings (SSSR count). The van der Waals surface area contributed by atoms with Crippen LogP contribution in [0.4, 0.5) is 10.5 Å². The highest BCUT2D eigenvalue weighted by Gasteiger charge is 2.26. The Labute approximate surface area is 197 Å². The van der Waals surface area contributed by atoms with Gasteiger partial charge >= 0.3 is 6.09 Å². The number of ether oxygens (including phenoxy) is 1. The van der Waals surface area contributed by atoms with E-state index in [-0.39, 0.29) is 25.4 Å². The summed E-state index contributed by atoms with van der Waals surface area (Å²) in [5.74, 6) is -0.836. The van der Waals surface area contributed by atoms with Crippen molar-refractivity contribution in [1.29, 1.82) is 0 Å². The fourth-order valence-electron chi connectivity index (χ4n) is 3.79. The van der Waals surface area contributed by atoms with Gasteiger partial charge in [-0.05, 0) is 56.5 Å². The first kappa shape index (κ1) is 24.9. The average molecular weight is 468 g/mol. The van der Waals surface area contributed by atoms with Crippen LogP contribution in [0.15, 0.2) is 54.7 Å². The summed E-state index contributed by atoms with van der Waals surface area (Å²) in [6, 6.07) is 14.3. The van der Waals surface area contributed by atoms with E-state index >= 15 is 0 Å². The van der Waals surface area contributed by atoms with Crippen LogP contribution in [0.3, 0.4) is 0 Å². The first-order chi connectivity index (χ1) is 16.1. The van der Waals surface area contributed by atoms with E-state index in [0.29, 0.717) is 22.2 Å². The third-order valence-electron chi connectivity index (χ3n) is 5.20. The molecule has 0 saturated heterocycles. The molecule has 1 aromatic heterocycles. The summed E-state index contributed by atoms with van der Waals surface area (Å²) >= 11 is 0. The van der Waals surface area contributed by atoms with Crippen LogP contribution in [-0.2, 0) is 16.0 Å². The Hall–Kier alpha value is -3.72. The van der Waals surface area contributed by atoms with Crippen LogP contribution in [0.1, 0.15) is 44.2 Å². The number of aliphatic hydroxyl groups excluding tert-OH is 1. The normalized spacial score (nSPS) is 12.4. The summed E-state index contributed by atoms with van der Waals surface area (Å²) in [5.41, 5.74) is 1.67. The summed E-state index contributed by atoms with van der Waals surface area (Å²) in [7, 11) is 0. The van der Waals surface area contributed by atoms with Crippen molar-refractivity contribution >= 4 is 28.6 Å². The van der Waals surface area contributed by atoms with E-state index < -0.39 is 29.1 Å². The Morgan fingerprint density at radius 2 is 1.88 bits per heavy atom. The Balaban J connectivity index is 2.00. The van der Waals surface area contributed by atoms with Crippen LogP contribution in [-0.4, -0.2) is 45.4 Å². The van der Waals surface area contributed by atoms with Crippen molar-refractivity contribution < 1.29 is 24.4 Å². The maximum atomic E-state index is 12.8. The minimum atomic E-state index is -0.732. The number of benzene rings is 2. The highest BCUT2D eigenvalue weighted by molar-refractivity contribution is 5.98. The van der Waals surface area contributed by atoms with Crippen LogP contribution in [0, 0.1) is 10.1 Å². The van der Waals surface area contributed by atoms with E-state index in [1.165, 1.54) is 10.8 Å². The molecular formula is C25H29N3O6. The van der Waals surface area contributed by atoms with Gasteiger partial charge in [0, 0.05) is 28.8 Å². The monoisotopic (exact) mass is 467 g/mol. The molecule has 9 nitrogen and oxygen atoms in total. The summed E-state index contributed by atoms with van der Waals surface area (Å²) in [6.45, 7) is 4.60. The standard InChI is InChI=1S/C25H29N3O6/c1-25(2,3)34-24(31)27-16-21(18(11-12-29)15-28(32)33)20-14-19(9-10-22(20)27)26-23(30)13-17-7-5-4-6-8-17/h4-10,14,16,18,29H,11-13,15H2,1-3H3,(H,26,30). The molecule has 180 valence electrons. The minimum absolute atomic E-state index is 0.152. The van der Waals surface area contributed by atoms with Gasteiger partial charge in [0.1, 0.15) is 5.60 Å². The lowest BCUT2D eigenvalue weighted by atomic mass is 9.95. The third kappa shape index (κ3) is 6.41. The highest BCUT2D eigenvalue weighted by Crippen LogP contribution is 2.33. The van der Waals surface area contributed by atoms with Gasteiger partial charge in [-0.3, -0.25) is 19.5 Å². The molecule has 1 amide bonds. The lowest BCUT2D eigenvalue weighted by molar-refractivity contribution is -0.483. The van der Waals surface area contributed by atoms with Gasteiger partial charge in [0.2, 0.25) is 12.5 Å². The quantitative estimate of drug-likeness (QED) is 0.375. The van der Waals surface area contributed by atoms with Gasteiger partial charge in [-0.1, -0.05) is 30.3 Å². The number of hydrogen-bond donors (Lipinski definition) is 2. The van der Waals surface area contributed by atoms with Crippen LogP contribution >= 0.6 is 0 Å². The van der Waals surface area contributed by atoms with Crippen molar-refractivity contribution in [3.05, 3.63) is 76.0 Å². The number of rotatable bonds is 8. The zero-order valence-electron chi connectivity index (χ0n) is 19.5. The number of nitrogens with zero attached hydrogens (tertiary/aromatic N) is 2. The van der Waals surface area contributed by atoms with E-state index in [2.05, 4.69) is 5.32 Å². The number of carbonyl (C=O) groups is 2. The van der Waals surface area contributed by atoms with E-state index in [1.807, 2.05) is 30.3 Å². The molecule has 0 aliphatic rings. The summed E-state index contributed by atoms with van der Waals surface area (Å²) < 4.78 is 6.81. The molecule has 0 aliphatic carbocycles. The molecule has 0 bridgehead atoms. The predicted molar refractivity (Wildman–Crippen MR) is 129 cm³/mol. The van der Waals surface area contributed by atoms with Crippen molar-refractivity contribution in [2.75, 3.05) is 18.5 Å². The van der Waals surface area contributed by atoms with Crippen molar-refractivity contribution in [1.82, 2.24) is 4.57 Å². The van der Waals surface area contributed by atoms with Crippen molar-refractivity contribution in [2.45, 2.75) is 45.1 Å². The smallest absolute Gasteiger partial charge is 0.419 e. The zero-order valence-corrected chi connectivity index (χ0v) is 19.5. The van der Waals surface area contributed by atoms with Gasteiger partial charge in [-0.15, -0.1) is 0 Å². The predicted octanol–water partition coefficient (Wildman–Crippen LogP) is 4.35. The number of anilines is 1. The van der Waals surface area contributed by atoms with Crippen LogP contribution in [0.25, 0.3) is 10.9 Å². The van der Waals surface area contributed by atoms with Gasteiger partial charge in [0.05, 0.1) is 17.9 Å². The molecule has 0 aliphatic heterocycles. The Bertz CT molecular complexity index is 1180. The molecule has 0 fully saturated rings. The van der Waals surface area contributed by atoms with Gasteiger partial charge in [-0.25, -0.2) is 4.79 Å². The average Bonchev–Trinajstić information content (AvgIpc) is 3.11. The minimum Gasteiger partial charge on any atom is -0.443 e. The van der Waals surface area contributed by atoms with E-state index in [0.717, 1.165) is 5.56 Å². The van der Waals surface area contributed by atoms with Crippen LogP contribution in [0.2, 0.25) is 0 Å². The molecule has 3 aromatic rings. The van der Waals surface area contributed by atoms with Crippen LogP contribution in [0.5, 0.6) is 0 Å². The Morgan fingerprint density at radius 3 is 2.50 bits per heavy atom. The number of nitrogens with one attached hydrogen (secondary N) is 1. The molecule has 0 radical (unpaired) electrons. The summed E-state index contributed by atoms with van der Waals surface area (Å²) in [4.78, 5) is 36.2. The maximum Gasteiger partial charge on any atom is 0.419 e. The highest BCUT2D eigenvalue weighted by atomic mass is 16.6. The lowest BCUT2D eigenvalue weighted by Crippen LogP contribution is -2.26. The fourth-order valence-corrected chi connectivity index (χ4v) is 3.79. The Kier molecular flexibility index (Phi) is 7.68. The SMILES string of the molecule is CC(C)(C)OC(=O)n1cc(C(CCO)C[N+](=O)[O-])c2cc(NC(=O)Cc3ccccc3)ccc21. The molecule has 34 heavy (non-hydrogen) atoms. The number of aliphatic hydroxyl groups is 1. The number of carbonyl (C=O) groups excluding carboxylic acids is 2. The molecule has 1 unspecified atom stereocenters. The topological polar surface area (TPSA) is 124 Å². The maximum absolute atomic E-state index is 12.8. The molecule has 0 saturated carbocycles. The summed E-state index contributed by atoms with van der Waals surface area (Å²) in [6.07, 6.45) is 1.25. The largest absolute Gasteiger partial charge is 0.443 e. The van der Waals surface area contributed by atoms with E-state index in [4.69, 9.17) is 4.74 Å². The van der Waals surface area contributed by atoms with Gasteiger partial charge < -0.3 is 15.2 Å². The molecule has 2 N–H and O–H groups in total. The van der Waals surface area contributed by atoms with Gasteiger partial charge in [-0.2, -0.15) is 0 Å². The molecule has 2 aromatic carbocycles. The molecular weight excluding hydrogens is 438 g/mol. The number of amides is 1. The third-order valence-corrected chi connectivity index (χ3v) is 5.20. The molecule has 1 heterocycles. The Morgan fingerprint density at radius 1 is 1.18 bits per heavy atom. The number of aromatic nitrogens is 1.